The average Bonchev–Trinajstić information content (AvgIpc) is 2.89. The van der Waals surface area contributed by atoms with Gasteiger partial charge in [0.15, 0.2) is 0 Å². The third-order valence-electron chi connectivity index (χ3n) is 5.05. The molecule has 7 nitrogen and oxygen atoms in total. The second-order valence-corrected chi connectivity index (χ2v) is 8.55. The summed E-state index contributed by atoms with van der Waals surface area (Å²) in [5.41, 5.74) is 0.627. The molecule has 0 aliphatic carbocycles. The molecule has 1 aromatic heterocycles. The van der Waals surface area contributed by atoms with E-state index in [9.17, 15) is 13.2 Å². The van der Waals surface area contributed by atoms with Gasteiger partial charge in [0.05, 0.1) is 33.3 Å². The largest absolute Gasteiger partial charge is 0.325 e. The Morgan fingerprint density at radius 1 is 1.23 bits per heavy atom. The van der Waals surface area contributed by atoms with Gasteiger partial charge in [0.25, 0.3) is 5.91 Å². The monoisotopic (exact) mass is 368 g/mol. The summed E-state index contributed by atoms with van der Waals surface area (Å²) in [6.07, 6.45) is 1.62. The van der Waals surface area contributed by atoms with Crippen LogP contribution in [0.25, 0.3) is 0 Å². The normalized spacial score (nSPS) is 22.6. The van der Waals surface area contributed by atoms with Gasteiger partial charge < -0.3 is 4.90 Å². The number of benzene rings is 1. The lowest BCUT2D eigenvalue weighted by atomic mass is 9.95. The van der Waals surface area contributed by atoms with E-state index in [4.69, 9.17) is 5.26 Å². The average molecular weight is 368 g/mol. The second-order valence-electron chi connectivity index (χ2n) is 6.61. The summed E-state index contributed by atoms with van der Waals surface area (Å²) in [6.45, 7) is 2.47. The number of rotatable bonds is 2. The van der Waals surface area contributed by atoms with Gasteiger partial charge in [0, 0.05) is 25.8 Å². The van der Waals surface area contributed by atoms with E-state index in [1.807, 2.05) is 13.0 Å². The summed E-state index contributed by atoms with van der Waals surface area (Å²) in [5, 5.41) is 9.03. The predicted octanol–water partition coefficient (Wildman–Crippen LogP) is 1.33. The minimum atomic E-state index is -3.77. The van der Waals surface area contributed by atoms with Crippen LogP contribution in [0.1, 0.15) is 28.5 Å². The topological polar surface area (TPSA) is 94.4 Å². The Kier molecular flexibility index (Phi) is 3.61. The van der Waals surface area contributed by atoms with Crippen LogP contribution in [0.4, 0.5) is 0 Å². The molecule has 132 valence electrons. The molecule has 1 unspecified atom stereocenters. The van der Waals surface area contributed by atoms with Crippen molar-refractivity contribution in [3.05, 3.63) is 59.4 Å². The van der Waals surface area contributed by atoms with E-state index in [0.29, 0.717) is 23.4 Å². The molecular weight excluding hydrogens is 352 g/mol. The maximum absolute atomic E-state index is 13.1. The van der Waals surface area contributed by atoms with Crippen molar-refractivity contribution in [1.82, 2.24) is 14.2 Å². The number of hydrogen-bond acceptors (Lipinski definition) is 5. The Balaban J connectivity index is 1.74. The van der Waals surface area contributed by atoms with Gasteiger partial charge in [0.1, 0.15) is 0 Å². The Labute approximate surface area is 151 Å². The third kappa shape index (κ3) is 2.25. The Morgan fingerprint density at radius 3 is 2.81 bits per heavy atom. The lowest BCUT2D eigenvalue weighted by molar-refractivity contribution is 0.0365. The van der Waals surface area contributed by atoms with Crippen molar-refractivity contribution in [1.29, 1.82) is 5.26 Å². The smallest absolute Gasteiger partial charge is 0.256 e. The van der Waals surface area contributed by atoms with E-state index in [2.05, 4.69) is 4.98 Å². The minimum absolute atomic E-state index is 0.0826. The van der Waals surface area contributed by atoms with Crippen LogP contribution < -0.4 is 0 Å². The van der Waals surface area contributed by atoms with Gasteiger partial charge in [0.2, 0.25) is 10.0 Å². The number of hydrogen-bond donors (Lipinski definition) is 0. The molecule has 2 aromatic rings. The first-order valence-corrected chi connectivity index (χ1v) is 9.60. The van der Waals surface area contributed by atoms with Gasteiger partial charge in [-0.15, -0.1) is 0 Å². The van der Waals surface area contributed by atoms with Crippen LogP contribution in [0.3, 0.4) is 0 Å². The first kappa shape index (κ1) is 16.7. The highest BCUT2D eigenvalue weighted by atomic mass is 32.2. The molecular formula is C18H16N4O3S. The maximum Gasteiger partial charge on any atom is 0.256 e. The number of amides is 1. The molecule has 3 heterocycles. The summed E-state index contributed by atoms with van der Waals surface area (Å²) in [6, 6.07) is 11.4. The zero-order valence-corrected chi connectivity index (χ0v) is 14.9. The number of aromatic nitrogens is 1. The van der Waals surface area contributed by atoms with Crippen molar-refractivity contribution in [2.75, 3.05) is 19.6 Å². The van der Waals surface area contributed by atoms with Crippen LogP contribution in [-0.4, -0.2) is 48.1 Å². The number of carbonyl (C=O) groups is 1. The highest BCUT2D eigenvalue weighted by molar-refractivity contribution is 7.89. The van der Waals surface area contributed by atoms with Crippen molar-refractivity contribution < 1.29 is 13.2 Å². The third-order valence-corrected chi connectivity index (χ3v) is 6.89. The van der Waals surface area contributed by atoms with E-state index < -0.39 is 15.6 Å². The van der Waals surface area contributed by atoms with E-state index in [-0.39, 0.29) is 23.9 Å². The molecule has 1 aromatic carbocycles. The molecule has 2 aliphatic heterocycles. The number of sulfonamides is 1. The van der Waals surface area contributed by atoms with Crippen molar-refractivity contribution in [2.45, 2.75) is 17.4 Å². The summed E-state index contributed by atoms with van der Waals surface area (Å²) < 4.78 is 27.5. The quantitative estimate of drug-likeness (QED) is 0.797. The number of fused-ring (bicyclic) bond motifs is 3. The lowest BCUT2D eigenvalue weighted by Gasteiger charge is -2.44. The zero-order chi connectivity index (χ0) is 18.5. The standard InChI is InChI=1S/C18H16N4O3S/c1-18-12-21(26(24,25)14-5-2-4-13(10-14)11-19)8-9-22(18)17(23)15-6-3-7-20-16(15)18/h2-7,10H,8-9,12H2,1H3. The number of pyridine rings is 1. The second kappa shape index (κ2) is 5.62. The van der Waals surface area contributed by atoms with Crippen molar-refractivity contribution in [3.8, 4) is 6.07 Å². The van der Waals surface area contributed by atoms with Crippen molar-refractivity contribution in [2.24, 2.45) is 0 Å². The Bertz CT molecular complexity index is 1060. The molecule has 4 rings (SSSR count). The first-order chi connectivity index (χ1) is 12.4. The highest BCUT2D eigenvalue weighted by Crippen LogP contribution is 2.41. The van der Waals surface area contributed by atoms with E-state index in [1.54, 1.807) is 35.4 Å². The molecule has 8 heteroatoms. The summed E-state index contributed by atoms with van der Waals surface area (Å²) >= 11 is 0. The molecule has 1 fully saturated rings. The van der Waals surface area contributed by atoms with Crippen LogP contribution in [0.5, 0.6) is 0 Å². The van der Waals surface area contributed by atoms with Crippen LogP contribution in [-0.2, 0) is 15.6 Å². The molecule has 26 heavy (non-hydrogen) atoms. The Hall–Kier alpha value is -2.76. The number of carbonyl (C=O) groups excluding carboxylic acids is 1. The fourth-order valence-electron chi connectivity index (χ4n) is 3.73. The van der Waals surface area contributed by atoms with Crippen LogP contribution in [0.15, 0.2) is 47.5 Å². The number of nitriles is 1. The summed E-state index contributed by atoms with van der Waals surface area (Å²) in [5.74, 6) is -0.112. The zero-order valence-electron chi connectivity index (χ0n) is 14.1. The molecule has 0 spiro atoms. The van der Waals surface area contributed by atoms with Gasteiger partial charge in [-0.05, 0) is 37.3 Å². The molecule has 1 saturated heterocycles. The van der Waals surface area contributed by atoms with E-state index in [1.165, 1.54) is 16.4 Å². The van der Waals surface area contributed by atoms with Gasteiger partial charge in [-0.25, -0.2) is 8.42 Å². The number of piperazine rings is 1. The van der Waals surface area contributed by atoms with Gasteiger partial charge in [-0.3, -0.25) is 9.78 Å². The van der Waals surface area contributed by atoms with Gasteiger partial charge >= 0.3 is 0 Å². The maximum atomic E-state index is 13.1. The molecule has 1 atom stereocenters. The van der Waals surface area contributed by atoms with Crippen LogP contribution in [0.2, 0.25) is 0 Å². The van der Waals surface area contributed by atoms with Crippen LogP contribution >= 0.6 is 0 Å². The summed E-state index contributed by atoms with van der Waals surface area (Å²) in [7, 11) is -3.77. The van der Waals surface area contributed by atoms with Crippen molar-refractivity contribution >= 4 is 15.9 Å². The fourth-order valence-corrected chi connectivity index (χ4v) is 5.30. The summed E-state index contributed by atoms with van der Waals surface area (Å²) in [4.78, 5) is 18.8. The molecule has 0 radical (unpaired) electrons. The fraction of sp³-hybridized carbons (Fsp3) is 0.278. The van der Waals surface area contributed by atoms with E-state index >= 15 is 0 Å². The molecule has 0 saturated carbocycles. The SMILES string of the molecule is CC12CN(S(=O)(=O)c3cccc(C#N)c3)CCN1C(=O)c1cccnc12. The first-order valence-electron chi connectivity index (χ1n) is 8.16. The number of nitrogens with zero attached hydrogens (tertiary/aromatic N) is 4. The van der Waals surface area contributed by atoms with Gasteiger partial charge in [-0.1, -0.05) is 6.07 Å². The molecule has 0 bridgehead atoms. The predicted molar refractivity (Wildman–Crippen MR) is 92.5 cm³/mol. The highest BCUT2D eigenvalue weighted by Gasteiger charge is 2.52. The minimum Gasteiger partial charge on any atom is -0.325 e. The van der Waals surface area contributed by atoms with Crippen LogP contribution in [0, 0.1) is 11.3 Å². The van der Waals surface area contributed by atoms with Gasteiger partial charge in [-0.2, -0.15) is 9.57 Å². The lowest BCUT2D eigenvalue weighted by Crippen LogP contribution is -2.58. The molecule has 2 aliphatic rings. The molecule has 0 N–H and O–H groups in total. The van der Waals surface area contributed by atoms with Crippen molar-refractivity contribution in [3.63, 3.8) is 0 Å². The Morgan fingerprint density at radius 2 is 2.04 bits per heavy atom. The molecule has 1 amide bonds. The van der Waals surface area contributed by atoms with E-state index in [0.717, 1.165) is 0 Å².